The maximum Gasteiger partial charge on any atom is 0.187 e. The van der Waals surface area contributed by atoms with Crippen molar-refractivity contribution in [2.45, 2.75) is 24.9 Å². The van der Waals surface area contributed by atoms with Gasteiger partial charge in [-0.1, -0.05) is 12.1 Å². The van der Waals surface area contributed by atoms with Crippen LogP contribution in [0.25, 0.3) is 28.1 Å². The number of nitrogens with one attached hydrogen (secondary N) is 1. The number of pyridine rings is 2. The van der Waals surface area contributed by atoms with Crippen LogP contribution in [0.2, 0.25) is 0 Å². The molecule has 4 aromatic rings. The van der Waals surface area contributed by atoms with Crippen LogP contribution < -0.4 is 10.1 Å². The van der Waals surface area contributed by atoms with E-state index in [0.29, 0.717) is 34.9 Å². The van der Waals surface area contributed by atoms with Crippen LogP contribution in [-0.4, -0.2) is 52.0 Å². The Balaban J connectivity index is 1.43. The standard InChI is InChI=1S/C23H24FN5O2/c1-30-23(8-4-10-25-11-9-23)15-31-17-13-16-6-7-19(26-21(16)18(24)14-17)22-28-27-20-5-2-3-12-29(20)22/h2-3,5-7,12-14,25H,4,8-11,15H2,1H3. The fraction of sp³-hybridized carbons (Fsp3) is 0.348. The lowest BCUT2D eigenvalue weighted by atomic mass is 9.95. The molecule has 7 nitrogen and oxygen atoms in total. The fourth-order valence-corrected chi connectivity index (χ4v) is 4.11. The minimum atomic E-state index is -0.433. The van der Waals surface area contributed by atoms with E-state index in [4.69, 9.17) is 9.47 Å². The predicted octanol–water partition coefficient (Wildman–Crippen LogP) is 3.62. The number of ether oxygens (including phenoxy) is 2. The van der Waals surface area contributed by atoms with Gasteiger partial charge >= 0.3 is 0 Å². The zero-order chi connectivity index (χ0) is 21.3. The van der Waals surface area contributed by atoms with Gasteiger partial charge in [-0.05, 0) is 56.6 Å². The second-order valence-corrected chi connectivity index (χ2v) is 7.91. The molecular weight excluding hydrogens is 397 g/mol. The summed E-state index contributed by atoms with van der Waals surface area (Å²) in [5.41, 5.74) is 1.19. The Kier molecular flexibility index (Phi) is 5.25. The van der Waals surface area contributed by atoms with Gasteiger partial charge in [-0.15, -0.1) is 10.2 Å². The molecule has 1 unspecified atom stereocenters. The molecule has 1 aliphatic heterocycles. The molecular formula is C23H24FN5O2. The highest BCUT2D eigenvalue weighted by molar-refractivity contribution is 5.83. The van der Waals surface area contributed by atoms with E-state index in [9.17, 15) is 4.39 Å². The Morgan fingerprint density at radius 1 is 1.13 bits per heavy atom. The summed E-state index contributed by atoms with van der Waals surface area (Å²) in [6, 6.07) is 12.5. The van der Waals surface area contributed by atoms with Gasteiger partial charge in [0.2, 0.25) is 0 Å². The predicted molar refractivity (Wildman–Crippen MR) is 116 cm³/mol. The first kappa shape index (κ1) is 19.8. The van der Waals surface area contributed by atoms with E-state index in [2.05, 4.69) is 20.5 Å². The first-order valence-electron chi connectivity index (χ1n) is 10.5. The van der Waals surface area contributed by atoms with Gasteiger partial charge in [0.25, 0.3) is 0 Å². The Morgan fingerprint density at radius 2 is 2.06 bits per heavy atom. The SMILES string of the molecule is COC1(COc2cc(F)c3nc(-c4nnc5ccccn45)ccc3c2)CCCNCC1. The van der Waals surface area contributed by atoms with Crippen LogP contribution in [0.3, 0.4) is 0 Å². The molecule has 4 heterocycles. The third-order valence-corrected chi connectivity index (χ3v) is 5.94. The molecule has 1 saturated heterocycles. The lowest BCUT2D eigenvalue weighted by molar-refractivity contribution is -0.0525. The highest BCUT2D eigenvalue weighted by Crippen LogP contribution is 2.29. The van der Waals surface area contributed by atoms with E-state index in [-0.39, 0.29) is 11.1 Å². The van der Waals surface area contributed by atoms with Crippen molar-refractivity contribution in [1.29, 1.82) is 0 Å². The number of halogens is 1. The smallest absolute Gasteiger partial charge is 0.187 e. The Bertz CT molecular complexity index is 1220. The third-order valence-electron chi connectivity index (χ3n) is 5.94. The molecule has 160 valence electrons. The summed E-state index contributed by atoms with van der Waals surface area (Å²) in [6.07, 6.45) is 4.65. The summed E-state index contributed by atoms with van der Waals surface area (Å²) in [6.45, 7) is 2.24. The average Bonchev–Trinajstić information content (AvgIpc) is 3.09. The van der Waals surface area contributed by atoms with Crippen LogP contribution in [0.15, 0.2) is 48.7 Å². The topological polar surface area (TPSA) is 73.6 Å². The van der Waals surface area contributed by atoms with Crippen molar-refractivity contribution >= 4 is 16.6 Å². The maximum absolute atomic E-state index is 15.0. The zero-order valence-corrected chi connectivity index (χ0v) is 17.3. The van der Waals surface area contributed by atoms with Crippen LogP contribution in [0, 0.1) is 5.82 Å². The summed E-state index contributed by atoms with van der Waals surface area (Å²) in [5, 5.41) is 12.4. The number of rotatable bonds is 5. The lowest BCUT2D eigenvalue weighted by Crippen LogP contribution is -2.39. The van der Waals surface area contributed by atoms with Crippen LogP contribution in [0.5, 0.6) is 5.75 Å². The summed E-state index contributed by atoms with van der Waals surface area (Å²) in [5.74, 6) is 0.611. The van der Waals surface area contributed by atoms with Crippen molar-refractivity contribution in [3.63, 3.8) is 0 Å². The molecule has 5 rings (SSSR count). The van der Waals surface area contributed by atoms with Gasteiger partial charge in [-0.25, -0.2) is 9.37 Å². The van der Waals surface area contributed by atoms with Gasteiger partial charge in [0.15, 0.2) is 17.3 Å². The number of nitrogens with zero attached hydrogens (tertiary/aromatic N) is 4. The molecule has 0 amide bonds. The summed E-state index contributed by atoms with van der Waals surface area (Å²) in [4.78, 5) is 4.51. The molecule has 8 heteroatoms. The van der Waals surface area contributed by atoms with Crippen LogP contribution in [0.1, 0.15) is 19.3 Å². The number of benzene rings is 1. The summed E-state index contributed by atoms with van der Waals surface area (Å²) >= 11 is 0. The van der Waals surface area contributed by atoms with Gasteiger partial charge in [-0.3, -0.25) is 4.40 Å². The van der Waals surface area contributed by atoms with E-state index in [1.807, 2.05) is 47.0 Å². The maximum atomic E-state index is 15.0. The molecule has 0 radical (unpaired) electrons. The first-order valence-corrected chi connectivity index (χ1v) is 10.5. The van der Waals surface area contributed by atoms with E-state index >= 15 is 0 Å². The number of hydrogen-bond acceptors (Lipinski definition) is 6. The largest absolute Gasteiger partial charge is 0.490 e. The zero-order valence-electron chi connectivity index (χ0n) is 17.3. The minimum absolute atomic E-state index is 0.276. The highest BCUT2D eigenvalue weighted by atomic mass is 19.1. The number of methoxy groups -OCH3 is 1. The van der Waals surface area contributed by atoms with E-state index in [1.165, 1.54) is 6.07 Å². The minimum Gasteiger partial charge on any atom is -0.490 e. The van der Waals surface area contributed by atoms with Gasteiger partial charge < -0.3 is 14.8 Å². The van der Waals surface area contributed by atoms with Crippen LogP contribution >= 0.6 is 0 Å². The molecule has 1 aliphatic rings. The second kappa shape index (κ2) is 8.20. The molecule has 0 saturated carbocycles. The van der Waals surface area contributed by atoms with Gasteiger partial charge in [-0.2, -0.15) is 0 Å². The third kappa shape index (κ3) is 3.84. The van der Waals surface area contributed by atoms with Crippen molar-refractivity contribution in [2.24, 2.45) is 0 Å². The van der Waals surface area contributed by atoms with Gasteiger partial charge in [0, 0.05) is 24.8 Å². The van der Waals surface area contributed by atoms with Crippen LogP contribution in [0.4, 0.5) is 4.39 Å². The van der Waals surface area contributed by atoms with Crippen molar-refractivity contribution < 1.29 is 13.9 Å². The first-order chi connectivity index (χ1) is 15.2. The molecule has 0 bridgehead atoms. The van der Waals surface area contributed by atoms with Gasteiger partial charge in [0.1, 0.15) is 29.2 Å². The molecule has 31 heavy (non-hydrogen) atoms. The molecule has 1 fully saturated rings. The van der Waals surface area contributed by atoms with Crippen molar-refractivity contribution in [3.05, 3.63) is 54.5 Å². The van der Waals surface area contributed by atoms with E-state index < -0.39 is 5.82 Å². The summed E-state index contributed by atoms with van der Waals surface area (Å²) in [7, 11) is 1.72. The molecule has 1 N–H and O–H groups in total. The van der Waals surface area contributed by atoms with E-state index in [1.54, 1.807) is 7.11 Å². The molecule has 1 aromatic carbocycles. The number of hydrogen-bond donors (Lipinski definition) is 1. The number of aromatic nitrogens is 4. The number of fused-ring (bicyclic) bond motifs is 2. The highest BCUT2D eigenvalue weighted by Gasteiger charge is 2.31. The molecule has 0 aliphatic carbocycles. The Hall–Kier alpha value is -3.10. The second-order valence-electron chi connectivity index (χ2n) is 7.91. The normalized spacial score (nSPS) is 19.5. The Morgan fingerprint density at radius 3 is 2.97 bits per heavy atom. The average molecular weight is 421 g/mol. The van der Waals surface area contributed by atoms with Crippen molar-refractivity contribution in [2.75, 3.05) is 26.8 Å². The molecule has 0 spiro atoms. The fourth-order valence-electron chi connectivity index (χ4n) is 4.11. The van der Waals surface area contributed by atoms with Crippen molar-refractivity contribution in [3.8, 4) is 17.3 Å². The Labute approximate surface area is 179 Å². The van der Waals surface area contributed by atoms with Gasteiger partial charge in [0.05, 0.1) is 0 Å². The quantitative estimate of drug-likeness (QED) is 0.531. The lowest BCUT2D eigenvalue weighted by Gasteiger charge is -2.30. The van der Waals surface area contributed by atoms with E-state index in [0.717, 1.165) is 32.4 Å². The molecule has 1 atom stereocenters. The van der Waals surface area contributed by atoms with Crippen molar-refractivity contribution in [1.82, 2.24) is 24.9 Å². The van der Waals surface area contributed by atoms with Crippen LogP contribution in [-0.2, 0) is 4.74 Å². The summed E-state index contributed by atoms with van der Waals surface area (Å²) < 4.78 is 28.6. The molecule has 3 aromatic heterocycles. The monoisotopic (exact) mass is 421 g/mol.